The third-order valence-electron chi connectivity index (χ3n) is 3.59. The fourth-order valence-corrected chi connectivity index (χ4v) is 2.42. The van der Waals surface area contributed by atoms with E-state index in [0.717, 1.165) is 23.3 Å². The number of hydrogen-bond acceptors (Lipinski definition) is 2. The summed E-state index contributed by atoms with van der Waals surface area (Å²) in [4.78, 5) is 13.0. The van der Waals surface area contributed by atoms with E-state index in [0.29, 0.717) is 5.56 Å². The molecular weight excluding hydrogens is 318 g/mol. The molecule has 136 valence electrons. The minimum Gasteiger partial charge on any atom is -0.311 e. The van der Waals surface area contributed by atoms with Crippen LogP contribution in [0.1, 0.15) is 43.6 Å². The molecule has 0 fully saturated rings. The number of benzene rings is 3. The highest BCUT2D eigenvalue weighted by Crippen LogP contribution is 2.34. The molecule has 0 spiro atoms. The van der Waals surface area contributed by atoms with E-state index in [1.165, 1.54) is 5.56 Å². The van der Waals surface area contributed by atoms with Crippen molar-refractivity contribution in [1.82, 2.24) is 0 Å². The molecule has 0 unspecified atom stereocenters. The van der Waals surface area contributed by atoms with Crippen molar-refractivity contribution in [3.63, 3.8) is 0 Å². The number of nitrogens with zero attached hydrogens (tertiary/aromatic N) is 1. The number of hydrogen-bond donors (Lipinski definition) is 0. The molecular formula is C24H29NO. The van der Waals surface area contributed by atoms with Crippen molar-refractivity contribution in [3.05, 3.63) is 90.0 Å². The van der Waals surface area contributed by atoms with Gasteiger partial charge in [0.05, 0.1) is 0 Å². The summed E-state index contributed by atoms with van der Waals surface area (Å²) in [6.07, 6.45) is 0.864. The lowest BCUT2D eigenvalue weighted by Crippen LogP contribution is -2.09. The Morgan fingerprint density at radius 3 is 1.50 bits per heavy atom. The number of carbonyl (C=O) groups excluding carboxylic acids is 1. The zero-order chi connectivity index (χ0) is 19.4. The summed E-state index contributed by atoms with van der Waals surface area (Å²) < 4.78 is 0. The third kappa shape index (κ3) is 5.59. The fraction of sp³-hybridized carbons (Fsp3) is 0.208. The Labute approximate surface area is 158 Å². The lowest BCUT2D eigenvalue weighted by molar-refractivity contribution is 0.112. The van der Waals surface area contributed by atoms with Gasteiger partial charge in [0.2, 0.25) is 0 Å². The molecule has 0 radical (unpaired) electrons. The highest BCUT2D eigenvalue weighted by Gasteiger charge is 2.11. The van der Waals surface area contributed by atoms with Gasteiger partial charge in [0, 0.05) is 22.6 Å². The Morgan fingerprint density at radius 1 is 0.615 bits per heavy atom. The molecule has 0 saturated carbocycles. The molecule has 3 aromatic carbocycles. The van der Waals surface area contributed by atoms with Crippen molar-refractivity contribution in [2.45, 2.75) is 34.6 Å². The highest BCUT2D eigenvalue weighted by atomic mass is 16.1. The van der Waals surface area contributed by atoms with Gasteiger partial charge in [0.15, 0.2) is 0 Å². The Balaban J connectivity index is 0.000000791. The van der Waals surface area contributed by atoms with Crippen molar-refractivity contribution in [1.29, 1.82) is 0 Å². The van der Waals surface area contributed by atoms with E-state index < -0.39 is 0 Å². The van der Waals surface area contributed by atoms with Crippen molar-refractivity contribution in [2.75, 3.05) is 4.90 Å². The van der Waals surface area contributed by atoms with E-state index in [4.69, 9.17) is 0 Å². The average molecular weight is 348 g/mol. The van der Waals surface area contributed by atoms with Gasteiger partial charge in [-0.05, 0) is 55.5 Å². The normalized spacial score (nSPS) is 9.12. The summed E-state index contributed by atoms with van der Waals surface area (Å²) in [5.74, 6) is 0. The van der Waals surface area contributed by atoms with Gasteiger partial charge in [-0.1, -0.05) is 63.6 Å². The maximum absolute atomic E-state index is 10.9. The van der Waals surface area contributed by atoms with E-state index in [-0.39, 0.29) is 0 Å². The van der Waals surface area contributed by atoms with Crippen molar-refractivity contribution in [3.8, 4) is 0 Å². The van der Waals surface area contributed by atoms with Gasteiger partial charge >= 0.3 is 0 Å². The van der Waals surface area contributed by atoms with Crippen LogP contribution < -0.4 is 4.90 Å². The number of rotatable bonds is 4. The second-order valence-electron chi connectivity index (χ2n) is 5.22. The molecule has 0 aliphatic heterocycles. The van der Waals surface area contributed by atoms with Crippen LogP contribution in [0, 0.1) is 6.92 Å². The van der Waals surface area contributed by atoms with Crippen LogP contribution in [-0.4, -0.2) is 6.29 Å². The molecule has 0 aliphatic carbocycles. The summed E-state index contributed by atoms with van der Waals surface area (Å²) in [5, 5.41) is 0. The molecule has 3 aromatic rings. The first-order valence-electron chi connectivity index (χ1n) is 9.25. The van der Waals surface area contributed by atoms with Crippen LogP contribution in [0.3, 0.4) is 0 Å². The third-order valence-corrected chi connectivity index (χ3v) is 3.59. The molecule has 0 aliphatic rings. The maximum atomic E-state index is 10.9. The van der Waals surface area contributed by atoms with Gasteiger partial charge in [0.25, 0.3) is 0 Å². The zero-order valence-corrected chi connectivity index (χ0v) is 16.4. The monoisotopic (exact) mass is 347 g/mol. The number of anilines is 3. The summed E-state index contributed by atoms with van der Waals surface area (Å²) in [5.41, 5.74) is 5.12. The van der Waals surface area contributed by atoms with Gasteiger partial charge < -0.3 is 4.90 Å². The van der Waals surface area contributed by atoms with Gasteiger partial charge in [-0.2, -0.15) is 0 Å². The van der Waals surface area contributed by atoms with E-state index in [9.17, 15) is 4.79 Å². The number of aldehydes is 1. The van der Waals surface area contributed by atoms with Crippen LogP contribution in [0.25, 0.3) is 0 Å². The number of aryl methyl sites for hydroxylation is 1. The van der Waals surface area contributed by atoms with Crippen molar-refractivity contribution in [2.24, 2.45) is 0 Å². The molecule has 3 rings (SSSR count). The minimum absolute atomic E-state index is 0.681. The molecule has 0 saturated heterocycles. The Hall–Kier alpha value is -2.87. The predicted molar refractivity (Wildman–Crippen MR) is 114 cm³/mol. The molecule has 0 bridgehead atoms. The van der Waals surface area contributed by atoms with Crippen LogP contribution in [0.2, 0.25) is 0 Å². The summed E-state index contributed by atoms with van der Waals surface area (Å²) in [6.45, 7) is 10.1. The standard InChI is InChI=1S/C20H17NO.2C2H6/c1-16-7-11-19(12-8-16)21(18-5-3-2-4-6-18)20-13-9-17(15-22)10-14-20;2*1-2/h2-15H,1H3;2*1-2H3. The maximum Gasteiger partial charge on any atom is 0.150 e. The van der Waals surface area contributed by atoms with Crippen LogP contribution in [0.4, 0.5) is 17.1 Å². The SMILES string of the molecule is CC.CC.Cc1ccc(N(c2ccccc2)c2ccc(C=O)cc2)cc1. The summed E-state index contributed by atoms with van der Waals surface area (Å²) >= 11 is 0. The predicted octanol–water partition coefficient (Wildman–Crippen LogP) is 7.33. The molecule has 26 heavy (non-hydrogen) atoms. The molecule has 0 amide bonds. The van der Waals surface area contributed by atoms with E-state index in [1.54, 1.807) is 0 Å². The van der Waals surface area contributed by atoms with E-state index >= 15 is 0 Å². The lowest BCUT2D eigenvalue weighted by Gasteiger charge is -2.25. The van der Waals surface area contributed by atoms with E-state index in [2.05, 4.69) is 48.2 Å². The van der Waals surface area contributed by atoms with Gasteiger partial charge in [-0.25, -0.2) is 0 Å². The quantitative estimate of drug-likeness (QED) is 0.460. The van der Waals surface area contributed by atoms with Crippen molar-refractivity contribution >= 4 is 23.3 Å². The van der Waals surface area contributed by atoms with Crippen LogP contribution >= 0.6 is 0 Å². The lowest BCUT2D eigenvalue weighted by atomic mass is 10.1. The first-order valence-corrected chi connectivity index (χ1v) is 9.25. The van der Waals surface area contributed by atoms with E-state index in [1.807, 2.05) is 70.2 Å². The first-order chi connectivity index (χ1) is 12.8. The van der Waals surface area contributed by atoms with Gasteiger partial charge in [0.1, 0.15) is 6.29 Å². The average Bonchev–Trinajstić information content (AvgIpc) is 2.74. The van der Waals surface area contributed by atoms with Crippen LogP contribution in [0.5, 0.6) is 0 Å². The first kappa shape index (κ1) is 21.2. The largest absolute Gasteiger partial charge is 0.311 e. The topological polar surface area (TPSA) is 20.3 Å². The summed E-state index contributed by atoms with van der Waals surface area (Å²) in [6, 6.07) is 26.2. The minimum atomic E-state index is 0.681. The smallest absolute Gasteiger partial charge is 0.150 e. The second kappa shape index (κ2) is 11.6. The Kier molecular flexibility index (Phi) is 9.48. The Bertz CT molecular complexity index is 746. The highest BCUT2D eigenvalue weighted by molar-refractivity contribution is 5.80. The number of carbonyl (C=O) groups is 1. The van der Waals surface area contributed by atoms with Crippen molar-refractivity contribution < 1.29 is 4.79 Å². The number of para-hydroxylation sites is 1. The summed E-state index contributed by atoms with van der Waals surface area (Å²) in [7, 11) is 0. The van der Waals surface area contributed by atoms with Gasteiger partial charge in [-0.15, -0.1) is 0 Å². The zero-order valence-electron chi connectivity index (χ0n) is 16.4. The Morgan fingerprint density at radius 2 is 1.04 bits per heavy atom. The fourth-order valence-electron chi connectivity index (χ4n) is 2.42. The molecule has 2 nitrogen and oxygen atoms in total. The molecule has 0 aromatic heterocycles. The van der Waals surface area contributed by atoms with Gasteiger partial charge in [-0.3, -0.25) is 4.79 Å². The molecule has 0 heterocycles. The van der Waals surface area contributed by atoms with Crippen LogP contribution in [0.15, 0.2) is 78.9 Å². The molecule has 0 N–H and O–H groups in total. The molecule has 2 heteroatoms. The molecule has 0 atom stereocenters. The second-order valence-corrected chi connectivity index (χ2v) is 5.22. The van der Waals surface area contributed by atoms with Crippen LogP contribution in [-0.2, 0) is 0 Å².